The number of likely N-dealkylation sites (tertiary alicyclic amines) is 1. The Hall–Kier alpha value is -2.57. The van der Waals surface area contributed by atoms with Gasteiger partial charge in [-0.1, -0.05) is 12.1 Å². The van der Waals surface area contributed by atoms with E-state index in [1.54, 1.807) is 6.07 Å². The summed E-state index contributed by atoms with van der Waals surface area (Å²) in [5.41, 5.74) is 2.14. The van der Waals surface area contributed by atoms with Gasteiger partial charge in [-0.05, 0) is 75.1 Å². The molecule has 32 heavy (non-hydrogen) atoms. The summed E-state index contributed by atoms with van der Waals surface area (Å²) in [6.45, 7) is 7.28. The minimum Gasteiger partial charge on any atom is -0.491 e. The van der Waals surface area contributed by atoms with Crippen LogP contribution in [0.1, 0.15) is 49.0 Å². The van der Waals surface area contributed by atoms with Crippen molar-refractivity contribution in [3.8, 4) is 5.75 Å². The quantitative estimate of drug-likeness (QED) is 0.592. The Bertz CT molecular complexity index is 874. The van der Waals surface area contributed by atoms with Gasteiger partial charge in [0.2, 0.25) is 0 Å². The molecule has 0 unspecified atom stereocenters. The molecule has 6 nitrogen and oxygen atoms in total. The third-order valence-electron chi connectivity index (χ3n) is 6.10. The van der Waals surface area contributed by atoms with E-state index in [1.807, 2.05) is 44.2 Å². The third-order valence-corrected chi connectivity index (χ3v) is 6.10. The van der Waals surface area contributed by atoms with Crippen LogP contribution in [-0.2, 0) is 11.3 Å². The number of carbonyl (C=O) groups is 1. The van der Waals surface area contributed by atoms with Gasteiger partial charge in [-0.25, -0.2) is 4.79 Å². The fraction of sp³-hybridized carbons (Fsp3) is 0.500. The van der Waals surface area contributed by atoms with Gasteiger partial charge in [0.05, 0.1) is 24.4 Å². The van der Waals surface area contributed by atoms with Crippen LogP contribution in [0.4, 0.5) is 5.69 Å². The summed E-state index contributed by atoms with van der Waals surface area (Å²) in [6.07, 6.45) is 2.40. The molecule has 0 aliphatic carbocycles. The predicted octanol–water partition coefficient (Wildman–Crippen LogP) is 4.11. The smallest absolute Gasteiger partial charge is 0.337 e. The standard InChI is InChI=1S/C26H36N2O4/c1-20(2)32-24-10-8-23(9-11-24)27(3)15-12-26(30)13-16-28(17-14-26)19-21-6-5-7-22(18-21)25(29)31-4/h5-11,18,20,30H,12-17,19H2,1-4H3. The van der Waals surface area contributed by atoms with Crippen molar-refractivity contribution in [3.05, 3.63) is 59.7 Å². The molecule has 3 rings (SSSR count). The average molecular weight is 441 g/mol. The summed E-state index contributed by atoms with van der Waals surface area (Å²) >= 11 is 0. The molecule has 6 heteroatoms. The van der Waals surface area contributed by atoms with Gasteiger partial charge in [-0.3, -0.25) is 4.90 Å². The van der Waals surface area contributed by atoms with Crippen LogP contribution in [0, 0.1) is 0 Å². The molecule has 0 atom stereocenters. The van der Waals surface area contributed by atoms with E-state index in [0.717, 1.165) is 62.4 Å². The van der Waals surface area contributed by atoms with E-state index in [-0.39, 0.29) is 12.1 Å². The Morgan fingerprint density at radius 3 is 2.47 bits per heavy atom. The molecule has 0 spiro atoms. The number of rotatable bonds is 9. The lowest BCUT2D eigenvalue weighted by Gasteiger charge is -2.39. The van der Waals surface area contributed by atoms with Crippen molar-refractivity contribution in [1.82, 2.24) is 4.90 Å². The number of ether oxygens (including phenoxy) is 2. The maximum absolute atomic E-state index is 11.8. The van der Waals surface area contributed by atoms with Crippen LogP contribution < -0.4 is 9.64 Å². The summed E-state index contributed by atoms with van der Waals surface area (Å²) in [4.78, 5) is 16.3. The molecular weight excluding hydrogens is 404 g/mol. The van der Waals surface area contributed by atoms with Crippen LogP contribution in [0.15, 0.2) is 48.5 Å². The zero-order chi connectivity index (χ0) is 23.1. The SMILES string of the molecule is COC(=O)c1cccc(CN2CCC(O)(CCN(C)c3ccc(OC(C)C)cc3)CC2)c1. The van der Waals surface area contributed by atoms with E-state index < -0.39 is 5.60 Å². The van der Waals surface area contributed by atoms with Crippen molar-refractivity contribution in [1.29, 1.82) is 0 Å². The Morgan fingerprint density at radius 1 is 1.16 bits per heavy atom. The lowest BCUT2D eigenvalue weighted by molar-refractivity contribution is -0.0275. The molecule has 0 amide bonds. The first-order valence-electron chi connectivity index (χ1n) is 11.4. The second kappa shape index (κ2) is 10.8. The van der Waals surface area contributed by atoms with Gasteiger partial charge in [0.15, 0.2) is 0 Å². The van der Waals surface area contributed by atoms with Crippen LogP contribution in [0.2, 0.25) is 0 Å². The maximum atomic E-state index is 11.8. The highest BCUT2D eigenvalue weighted by atomic mass is 16.5. The summed E-state index contributed by atoms with van der Waals surface area (Å²) in [5, 5.41) is 11.1. The molecule has 0 radical (unpaired) electrons. The number of benzene rings is 2. The molecule has 0 bridgehead atoms. The molecular formula is C26H36N2O4. The normalized spacial score (nSPS) is 16.1. The maximum Gasteiger partial charge on any atom is 0.337 e. The Morgan fingerprint density at radius 2 is 1.84 bits per heavy atom. The van der Waals surface area contributed by atoms with E-state index >= 15 is 0 Å². The lowest BCUT2D eigenvalue weighted by Crippen LogP contribution is -2.45. The van der Waals surface area contributed by atoms with E-state index in [1.165, 1.54) is 7.11 Å². The number of carbonyl (C=O) groups excluding carboxylic acids is 1. The number of anilines is 1. The van der Waals surface area contributed by atoms with Crippen molar-refractivity contribution in [2.75, 3.05) is 38.7 Å². The van der Waals surface area contributed by atoms with E-state index in [0.29, 0.717) is 5.56 Å². The van der Waals surface area contributed by atoms with Crippen LogP contribution >= 0.6 is 0 Å². The molecule has 0 aromatic heterocycles. The highest BCUT2D eigenvalue weighted by molar-refractivity contribution is 5.89. The largest absolute Gasteiger partial charge is 0.491 e. The second-order valence-electron chi connectivity index (χ2n) is 9.02. The molecule has 1 N–H and O–H groups in total. The minimum atomic E-state index is -0.640. The third kappa shape index (κ3) is 6.71. The van der Waals surface area contributed by atoms with Crippen LogP contribution in [0.5, 0.6) is 5.75 Å². The van der Waals surface area contributed by atoms with Crippen LogP contribution in [0.3, 0.4) is 0 Å². The molecule has 1 aliphatic heterocycles. The molecule has 2 aromatic rings. The van der Waals surface area contributed by atoms with Gasteiger partial charge in [-0.2, -0.15) is 0 Å². The monoisotopic (exact) mass is 440 g/mol. The van der Waals surface area contributed by atoms with Gasteiger partial charge >= 0.3 is 5.97 Å². The predicted molar refractivity (Wildman–Crippen MR) is 127 cm³/mol. The molecule has 174 valence electrons. The molecule has 1 saturated heterocycles. The fourth-order valence-electron chi connectivity index (χ4n) is 4.11. The highest BCUT2D eigenvalue weighted by Crippen LogP contribution is 2.28. The number of esters is 1. The number of aliphatic hydroxyl groups is 1. The summed E-state index contributed by atoms with van der Waals surface area (Å²) in [5.74, 6) is 0.561. The molecule has 2 aromatic carbocycles. The van der Waals surface area contributed by atoms with Crippen LogP contribution in [0.25, 0.3) is 0 Å². The van der Waals surface area contributed by atoms with Gasteiger partial charge in [-0.15, -0.1) is 0 Å². The zero-order valence-electron chi connectivity index (χ0n) is 19.7. The number of piperidine rings is 1. The molecule has 0 saturated carbocycles. The van der Waals surface area contributed by atoms with E-state index in [4.69, 9.17) is 9.47 Å². The van der Waals surface area contributed by atoms with Gasteiger partial charge in [0.25, 0.3) is 0 Å². The van der Waals surface area contributed by atoms with E-state index in [2.05, 4.69) is 29.0 Å². The van der Waals surface area contributed by atoms with Gasteiger partial charge in [0.1, 0.15) is 5.75 Å². The lowest BCUT2D eigenvalue weighted by atomic mass is 9.88. The first kappa shape index (κ1) is 24.1. The van der Waals surface area contributed by atoms with Crippen molar-refractivity contribution in [2.45, 2.75) is 51.4 Å². The number of hydrogen-bond donors (Lipinski definition) is 1. The van der Waals surface area contributed by atoms with Gasteiger partial charge < -0.3 is 19.5 Å². The summed E-state index contributed by atoms with van der Waals surface area (Å²) < 4.78 is 10.5. The topological polar surface area (TPSA) is 62.2 Å². The van der Waals surface area contributed by atoms with Crippen LogP contribution in [-0.4, -0.2) is 61.5 Å². The first-order chi connectivity index (χ1) is 15.3. The molecule has 1 heterocycles. The van der Waals surface area contributed by atoms with Crippen molar-refractivity contribution in [3.63, 3.8) is 0 Å². The zero-order valence-corrected chi connectivity index (χ0v) is 19.7. The molecule has 1 aliphatic rings. The molecule has 1 fully saturated rings. The average Bonchev–Trinajstić information content (AvgIpc) is 2.79. The Labute approximate surface area is 191 Å². The highest BCUT2D eigenvalue weighted by Gasteiger charge is 2.32. The summed E-state index contributed by atoms with van der Waals surface area (Å²) in [6, 6.07) is 15.7. The minimum absolute atomic E-state index is 0.162. The summed E-state index contributed by atoms with van der Waals surface area (Å²) in [7, 11) is 3.46. The van der Waals surface area contributed by atoms with Gasteiger partial charge in [0, 0.05) is 38.9 Å². The second-order valence-corrected chi connectivity index (χ2v) is 9.02. The van der Waals surface area contributed by atoms with Crippen molar-refractivity contribution >= 4 is 11.7 Å². The van der Waals surface area contributed by atoms with Crippen molar-refractivity contribution < 1.29 is 19.4 Å². The fourth-order valence-corrected chi connectivity index (χ4v) is 4.11. The van der Waals surface area contributed by atoms with Crippen molar-refractivity contribution in [2.24, 2.45) is 0 Å². The Kier molecular flexibility index (Phi) is 8.15. The van der Waals surface area contributed by atoms with E-state index in [9.17, 15) is 9.90 Å². The number of hydrogen-bond acceptors (Lipinski definition) is 6. The number of nitrogens with zero attached hydrogens (tertiary/aromatic N) is 2. The Balaban J connectivity index is 1.47. The number of methoxy groups -OCH3 is 1. The first-order valence-corrected chi connectivity index (χ1v) is 11.4.